The highest BCUT2D eigenvalue weighted by molar-refractivity contribution is 5.93. The zero-order valence-corrected chi connectivity index (χ0v) is 15.9. The molecule has 4 rings (SSSR count). The van der Waals surface area contributed by atoms with E-state index in [2.05, 4.69) is 62.4 Å². The van der Waals surface area contributed by atoms with Gasteiger partial charge < -0.3 is 14.6 Å². The number of carbonyl (C=O) groups excluding carboxylic acids is 1. The molecular weight excluding hydrogens is 352 g/mol. The average molecular weight is 376 g/mol. The minimum Gasteiger partial charge on any atom is -0.481 e. The number of carbonyl (C=O) groups is 1. The van der Waals surface area contributed by atoms with Crippen LogP contribution in [0.5, 0.6) is 5.88 Å². The van der Waals surface area contributed by atoms with Crippen LogP contribution in [-0.4, -0.2) is 40.1 Å². The molecule has 0 saturated heterocycles. The Hall–Kier alpha value is -3.12. The Morgan fingerprint density at radius 2 is 2.04 bits per heavy atom. The van der Waals surface area contributed by atoms with Crippen LogP contribution in [0, 0.1) is 0 Å². The molecule has 6 heteroatoms. The first-order valence-electron chi connectivity index (χ1n) is 9.43. The lowest BCUT2D eigenvalue weighted by Gasteiger charge is -2.37. The van der Waals surface area contributed by atoms with E-state index in [-0.39, 0.29) is 11.9 Å². The number of rotatable bonds is 6. The summed E-state index contributed by atoms with van der Waals surface area (Å²) in [6.45, 7) is 3.16. The molecule has 144 valence electrons. The van der Waals surface area contributed by atoms with E-state index < -0.39 is 0 Å². The Bertz CT molecular complexity index is 921. The third-order valence-corrected chi connectivity index (χ3v) is 5.15. The number of nitrogens with zero attached hydrogens (tertiary/aromatic N) is 3. The summed E-state index contributed by atoms with van der Waals surface area (Å²) in [5, 5.41) is 3.07. The van der Waals surface area contributed by atoms with Gasteiger partial charge in [-0.25, -0.2) is 4.98 Å². The fraction of sp³-hybridized carbons (Fsp3) is 0.273. The molecule has 6 nitrogen and oxygen atoms in total. The fourth-order valence-electron chi connectivity index (χ4n) is 3.60. The van der Waals surface area contributed by atoms with Gasteiger partial charge in [-0.1, -0.05) is 30.3 Å². The van der Waals surface area contributed by atoms with Gasteiger partial charge in [0.05, 0.1) is 12.7 Å². The van der Waals surface area contributed by atoms with Crippen LogP contribution in [-0.2, 0) is 19.6 Å². The van der Waals surface area contributed by atoms with Gasteiger partial charge in [-0.15, -0.1) is 0 Å². The molecule has 0 fully saturated rings. The first-order valence-corrected chi connectivity index (χ1v) is 9.43. The maximum Gasteiger partial charge on any atom is 0.252 e. The molecule has 2 aromatic heterocycles. The van der Waals surface area contributed by atoms with Gasteiger partial charge in [0, 0.05) is 56.4 Å². The molecule has 28 heavy (non-hydrogen) atoms. The van der Waals surface area contributed by atoms with Crippen molar-refractivity contribution in [1.82, 2.24) is 19.8 Å². The number of pyridine rings is 1. The third kappa shape index (κ3) is 4.07. The third-order valence-electron chi connectivity index (χ3n) is 5.15. The molecule has 0 saturated carbocycles. The zero-order chi connectivity index (χ0) is 19.3. The Morgan fingerprint density at radius 1 is 1.18 bits per heavy atom. The van der Waals surface area contributed by atoms with Crippen LogP contribution in [0.15, 0.2) is 67.0 Å². The van der Waals surface area contributed by atoms with Gasteiger partial charge >= 0.3 is 0 Å². The van der Waals surface area contributed by atoms with Crippen molar-refractivity contribution in [2.45, 2.75) is 25.7 Å². The topological polar surface area (TPSA) is 59.4 Å². The molecule has 0 radical (unpaired) electrons. The lowest BCUT2D eigenvalue weighted by atomic mass is 10.1. The SMILES string of the molecule is COc1ccc(C(=O)NCC2Cn3cccc3CN2Cc2ccccc2)cn1. The molecule has 1 aliphatic heterocycles. The van der Waals surface area contributed by atoms with Gasteiger partial charge in [-0.05, 0) is 23.8 Å². The van der Waals surface area contributed by atoms with Gasteiger partial charge in [0.25, 0.3) is 5.91 Å². The van der Waals surface area contributed by atoms with E-state index >= 15 is 0 Å². The van der Waals surface area contributed by atoms with Gasteiger partial charge in [0.15, 0.2) is 0 Å². The van der Waals surface area contributed by atoms with Crippen LogP contribution in [0.2, 0.25) is 0 Å². The molecule has 1 N–H and O–H groups in total. The summed E-state index contributed by atoms with van der Waals surface area (Å²) in [6.07, 6.45) is 3.65. The number of aromatic nitrogens is 2. The number of hydrogen-bond donors (Lipinski definition) is 1. The van der Waals surface area contributed by atoms with E-state index in [0.29, 0.717) is 18.0 Å². The van der Waals surface area contributed by atoms with Crippen molar-refractivity contribution in [3.8, 4) is 5.88 Å². The number of ether oxygens (including phenoxy) is 1. The normalized spacial score (nSPS) is 16.4. The number of methoxy groups -OCH3 is 1. The van der Waals surface area contributed by atoms with Crippen LogP contribution in [0.25, 0.3) is 0 Å². The molecule has 1 aromatic carbocycles. The second-order valence-electron chi connectivity index (χ2n) is 7.00. The van der Waals surface area contributed by atoms with Crippen molar-refractivity contribution in [1.29, 1.82) is 0 Å². The minimum absolute atomic E-state index is 0.117. The number of benzene rings is 1. The number of nitrogens with one attached hydrogen (secondary N) is 1. The molecule has 1 unspecified atom stereocenters. The van der Waals surface area contributed by atoms with Crippen LogP contribution >= 0.6 is 0 Å². The molecule has 1 atom stereocenters. The van der Waals surface area contributed by atoms with E-state index in [0.717, 1.165) is 19.6 Å². The maximum atomic E-state index is 12.5. The number of amides is 1. The molecule has 3 heterocycles. The van der Waals surface area contributed by atoms with Crippen LogP contribution in [0.3, 0.4) is 0 Å². The standard InChI is InChI=1S/C22H24N4O2/c1-28-21-10-9-18(12-23-21)22(27)24-13-20-16-25-11-5-8-19(25)15-26(20)14-17-6-3-2-4-7-17/h2-12,20H,13-16H2,1H3,(H,24,27). The van der Waals surface area contributed by atoms with Crippen molar-refractivity contribution < 1.29 is 9.53 Å². The second kappa shape index (κ2) is 8.27. The summed E-state index contributed by atoms with van der Waals surface area (Å²) < 4.78 is 7.32. The van der Waals surface area contributed by atoms with Gasteiger partial charge in [0.2, 0.25) is 5.88 Å². The largest absolute Gasteiger partial charge is 0.481 e. The summed E-state index contributed by atoms with van der Waals surface area (Å²) in [5.41, 5.74) is 3.11. The smallest absolute Gasteiger partial charge is 0.252 e. The molecule has 1 amide bonds. The van der Waals surface area contributed by atoms with E-state index in [9.17, 15) is 4.79 Å². The summed E-state index contributed by atoms with van der Waals surface area (Å²) in [5.74, 6) is 0.381. The fourth-order valence-corrected chi connectivity index (χ4v) is 3.60. The lowest BCUT2D eigenvalue weighted by Crippen LogP contribution is -2.48. The molecule has 3 aromatic rings. The minimum atomic E-state index is -0.117. The molecule has 0 spiro atoms. The van der Waals surface area contributed by atoms with Crippen LogP contribution in [0.4, 0.5) is 0 Å². The monoisotopic (exact) mass is 376 g/mol. The molecule has 0 bridgehead atoms. The van der Waals surface area contributed by atoms with Crippen molar-refractivity contribution >= 4 is 5.91 Å². The van der Waals surface area contributed by atoms with Gasteiger partial charge in [0.1, 0.15) is 0 Å². The Balaban J connectivity index is 1.44. The maximum absolute atomic E-state index is 12.5. The van der Waals surface area contributed by atoms with Crippen molar-refractivity contribution in [2.75, 3.05) is 13.7 Å². The second-order valence-corrected chi connectivity index (χ2v) is 7.00. The highest BCUT2D eigenvalue weighted by atomic mass is 16.5. The van der Waals surface area contributed by atoms with Crippen molar-refractivity contribution in [2.24, 2.45) is 0 Å². The van der Waals surface area contributed by atoms with Crippen LogP contribution < -0.4 is 10.1 Å². The van der Waals surface area contributed by atoms with Crippen LogP contribution in [0.1, 0.15) is 21.6 Å². The predicted molar refractivity (Wildman–Crippen MR) is 107 cm³/mol. The molecule has 1 aliphatic rings. The molecular formula is C22H24N4O2. The van der Waals surface area contributed by atoms with Gasteiger partial charge in [-0.2, -0.15) is 0 Å². The molecule has 0 aliphatic carbocycles. The number of hydrogen-bond acceptors (Lipinski definition) is 4. The van der Waals surface area contributed by atoms with E-state index in [1.54, 1.807) is 25.4 Å². The van der Waals surface area contributed by atoms with Crippen molar-refractivity contribution in [3.05, 3.63) is 83.8 Å². The highest BCUT2D eigenvalue weighted by Gasteiger charge is 2.26. The Morgan fingerprint density at radius 3 is 2.79 bits per heavy atom. The summed E-state index contributed by atoms with van der Waals surface area (Å²) in [4.78, 5) is 19.1. The Kier molecular flexibility index (Phi) is 5.39. The Labute approximate surface area is 164 Å². The summed E-state index contributed by atoms with van der Waals surface area (Å²) >= 11 is 0. The summed E-state index contributed by atoms with van der Waals surface area (Å²) in [7, 11) is 1.56. The average Bonchev–Trinajstić information content (AvgIpc) is 3.20. The van der Waals surface area contributed by atoms with E-state index in [4.69, 9.17) is 4.74 Å². The van der Waals surface area contributed by atoms with Gasteiger partial charge in [-0.3, -0.25) is 9.69 Å². The lowest BCUT2D eigenvalue weighted by molar-refractivity contribution is 0.0898. The van der Waals surface area contributed by atoms with E-state index in [1.807, 2.05) is 6.07 Å². The summed E-state index contributed by atoms with van der Waals surface area (Å²) in [6, 6.07) is 18.3. The first-order chi connectivity index (χ1) is 13.7. The van der Waals surface area contributed by atoms with E-state index in [1.165, 1.54) is 11.3 Å². The first kappa shape index (κ1) is 18.3. The predicted octanol–water partition coefficient (Wildman–Crippen LogP) is 2.71. The quantitative estimate of drug-likeness (QED) is 0.719. The zero-order valence-electron chi connectivity index (χ0n) is 15.9. The van der Waals surface area contributed by atoms with Crippen molar-refractivity contribution in [3.63, 3.8) is 0 Å². The number of fused-ring (bicyclic) bond motifs is 1. The highest BCUT2D eigenvalue weighted by Crippen LogP contribution is 2.20.